The van der Waals surface area contributed by atoms with Gasteiger partial charge in [-0.15, -0.1) is 0 Å². The molecule has 0 aromatic heterocycles. The fourth-order valence-corrected chi connectivity index (χ4v) is 4.91. The molecule has 0 amide bonds. The molecule has 0 bridgehead atoms. The summed E-state index contributed by atoms with van der Waals surface area (Å²) in [6.07, 6.45) is 4.39. The lowest BCUT2D eigenvalue weighted by Gasteiger charge is -2.52. The van der Waals surface area contributed by atoms with Crippen molar-refractivity contribution in [3.05, 3.63) is 11.1 Å². The van der Waals surface area contributed by atoms with Crippen molar-refractivity contribution >= 4 is 11.6 Å². The van der Waals surface area contributed by atoms with Gasteiger partial charge in [-0.2, -0.15) is 0 Å². The second kappa shape index (κ2) is 5.33. The molecule has 0 aromatic carbocycles. The first kappa shape index (κ1) is 14.9. The molecule has 0 saturated heterocycles. The molecule has 4 heteroatoms. The molecule has 21 heavy (non-hydrogen) atoms. The Bertz CT molecular complexity index is 510. The summed E-state index contributed by atoms with van der Waals surface area (Å²) in [6, 6.07) is 0.383. The van der Waals surface area contributed by atoms with Gasteiger partial charge in [0.2, 0.25) is 0 Å². The second-order valence-electron chi connectivity index (χ2n) is 6.98. The highest BCUT2D eigenvalue weighted by Crippen LogP contribution is 2.54. The van der Waals surface area contributed by atoms with Gasteiger partial charge in [-0.3, -0.25) is 9.59 Å². The van der Waals surface area contributed by atoms with Crippen LogP contribution in [0.25, 0.3) is 0 Å². The molecule has 1 saturated carbocycles. The van der Waals surface area contributed by atoms with E-state index in [9.17, 15) is 9.59 Å². The second-order valence-corrected chi connectivity index (χ2v) is 6.98. The molecule has 1 fully saturated rings. The summed E-state index contributed by atoms with van der Waals surface area (Å²) in [5.41, 5.74) is 1.90. The van der Waals surface area contributed by atoms with Crippen molar-refractivity contribution in [2.45, 2.75) is 57.6 Å². The zero-order valence-electron chi connectivity index (χ0n) is 13.2. The van der Waals surface area contributed by atoms with Gasteiger partial charge in [0.1, 0.15) is 11.9 Å². The summed E-state index contributed by atoms with van der Waals surface area (Å²) in [6.45, 7) is 2.13. The molecule has 4 atom stereocenters. The Balaban J connectivity index is 2.07. The van der Waals surface area contributed by atoms with E-state index in [1.54, 1.807) is 7.11 Å². The van der Waals surface area contributed by atoms with E-state index in [1.807, 2.05) is 7.05 Å². The van der Waals surface area contributed by atoms with Crippen molar-refractivity contribution < 1.29 is 14.3 Å². The Hall–Kier alpha value is -1.00. The first-order valence-electron chi connectivity index (χ1n) is 7.99. The number of nitrogens with one attached hydrogen (secondary N) is 1. The summed E-state index contributed by atoms with van der Waals surface area (Å²) in [7, 11) is 3.61. The van der Waals surface area contributed by atoms with E-state index in [2.05, 4.69) is 12.2 Å². The quantitative estimate of drug-likeness (QED) is 0.846. The van der Waals surface area contributed by atoms with Crippen LogP contribution in [-0.4, -0.2) is 37.9 Å². The Morgan fingerprint density at radius 3 is 2.67 bits per heavy atom. The van der Waals surface area contributed by atoms with E-state index in [4.69, 9.17) is 4.74 Å². The lowest BCUT2D eigenvalue weighted by atomic mass is 9.53. The third-order valence-corrected chi connectivity index (χ3v) is 5.90. The summed E-state index contributed by atoms with van der Waals surface area (Å²) in [5, 5.41) is 3.43. The molecule has 0 radical (unpaired) electrons. The summed E-state index contributed by atoms with van der Waals surface area (Å²) in [5.74, 6) is 0.804. The van der Waals surface area contributed by atoms with Crippen LogP contribution in [0, 0.1) is 11.3 Å². The van der Waals surface area contributed by atoms with E-state index in [0.29, 0.717) is 30.6 Å². The standard InChI is InChI=1S/C17H25NO3/c1-17-9-11(19)5-6-12(17)13(18-2)8-10-4-7-14(21-3)16(20)15(10)17/h12-14,18H,4-9H2,1-3H3. The number of ketones is 2. The summed E-state index contributed by atoms with van der Waals surface area (Å²) >= 11 is 0. The molecular weight excluding hydrogens is 266 g/mol. The van der Waals surface area contributed by atoms with Crippen LogP contribution >= 0.6 is 0 Å². The maximum atomic E-state index is 12.8. The number of carbonyl (C=O) groups excluding carboxylic acids is 2. The topological polar surface area (TPSA) is 55.4 Å². The van der Waals surface area contributed by atoms with Crippen LogP contribution in [0.1, 0.15) is 45.4 Å². The molecule has 0 spiro atoms. The average molecular weight is 291 g/mol. The molecule has 3 rings (SSSR count). The van der Waals surface area contributed by atoms with E-state index < -0.39 is 0 Å². The highest BCUT2D eigenvalue weighted by atomic mass is 16.5. The van der Waals surface area contributed by atoms with Gasteiger partial charge < -0.3 is 10.1 Å². The number of rotatable bonds is 2. The third kappa shape index (κ3) is 2.20. The van der Waals surface area contributed by atoms with Crippen molar-refractivity contribution in [3.8, 4) is 0 Å². The largest absolute Gasteiger partial charge is 0.373 e. The van der Waals surface area contributed by atoms with Gasteiger partial charge in [0.05, 0.1) is 0 Å². The van der Waals surface area contributed by atoms with Crippen molar-refractivity contribution in [2.75, 3.05) is 14.2 Å². The number of hydrogen-bond acceptors (Lipinski definition) is 4. The average Bonchev–Trinajstić information content (AvgIpc) is 2.45. The van der Waals surface area contributed by atoms with Gasteiger partial charge in [-0.1, -0.05) is 12.5 Å². The molecule has 0 aliphatic heterocycles. The lowest BCUT2D eigenvalue weighted by molar-refractivity contribution is -0.131. The van der Waals surface area contributed by atoms with Gasteiger partial charge in [0.15, 0.2) is 5.78 Å². The van der Waals surface area contributed by atoms with Gasteiger partial charge >= 0.3 is 0 Å². The van der Waals surface area contributed by atoms with Crippen LogP contribution in [0.4, 0.5) is 0 Å². The molecule has 4 nitrogen and oxygen atoms in total. The predicted molar refractivity (Wildman–Crippen MR) is 80.0 cm³/mol. The van der Waals surface area contributed by atoms with Crippen LogP contribution in [0.5, 0.6) is 0 Å². The van der Waals surface area contributed by atoms with Crippen LogP contribution in [0.3, 0.4) is 0 Å². The molecule has 0 aromatic rings. The number of Topliss-reactive ketones (excluding diaryl/α,β-unsaturated/α-hetero) is 2. The minimum atomic E-state index is -0.315. The normalized spacial score (nSPS) is 40.0. The van der Waals surface area contributed by atoms with E-state index in [1.165, 1.54) is 5.57 Å². The SMILES string of the molecule is CNC1CC2=C(C(=O)C(OC)CC2)C2(C)CC(=O)CCC12. The van der Waals surface area contributed by atoms with Crippen LogP contribution in [-0.2, 0) is 14.3 Å². The Morgan fingerprint density at radius 1 is 1.24 bits per heavy atom. The zero-order chi connectivity index (χ0) is 15.2. The van der Waals surface area contributed by atoms with Gasteiger partial charge in [0.25, 0.3) is 0 Å². The highest BCUT2D eigenvalue weighted by molar-refractivity contribution is 6.02. The monoisotopic (exact) mass is 291 g/mol. The molecule has 1 N–H and O–H groups in total. The van der Waals surface area contributed by atoms with E-state index >= 15 is 0 Å². The Kier molecular flexibility index (Phi) is 3.78. The maximum Gasteiger partial charge on any atom is 0.188 e. The molecule has 116 valence electrons. The summed E-state index contributed by atoms with van der Waals surface area (Å²) < 4.78 is 5.37. The van der Waals surface area contributed by atoms with Crippen LogP contribution in [0.2, 0.25) is 0 Å². The summed E-state index contributed by atoms with van der Waals surface area (Å²) in [4.78, 5) is 24.9. The van der Waals surface area contributed by atoms with Crippen molar-refractivity contribution in [1.29, 1.82) is 0 Å². The number of hydrogen-bond donors (Lipinski definition) is 1. The van der Waals surface area contributed by atoms with Crippen LogP contribution < -0.4 is 5.32 Å². The number of ether oxygens (including phenoxy) is 1. The highest BCUT2D eigenvalue weighted by Gasteiger charge is 2.53. The van der Waals surface area contributed by atoms with Gasteiger partial charge in [0, 0.05) is 37.0 Å². The third-order valence-electron chi connectivity index (χ3n) is 5.90. The number of methoxy groups -OCH3 is 1. The van der Waals surface area contributed by atoms with E-state index in [-0.39, 0.29) is 17.3 Å². The predicted octanol–water partition coefficient (Wildman–Crippen LogP) is 2.03. The minimum absolute atomic E-state index is 0.135. The minimum Gasteiger partial charge on any atom is -0.373 e. The van der Waals surface area contributed by atoms with Crippen molar-refractivity contribution in [3.63, 3.8) is 0 Å². The first-order valence-corrected chi connectivity index (χ1v) is 7.99. The number of fused-ring (bicyclic) bond motifs is 2. The molecule has 4 unspecified atom stereocenters. The van der Waals surface area contributed by atoms with Crippen molar-refractivity contribution in [1.82, 2.24) is 5.32 Å². The molecule has 3 aliphatic rings. The van der Waals surface area contributed by atoms with Crippen molar-refractivity contribution in [2.24, 2.45) is 11.3 Å². The van der Waals surface area contributed by atoms with Gasteiger partial charge in [-0.25, -0.2) is 0 Å². The lowest BCUT2D eigenvalue weighted by Crippen LogP contribution is -2.54. The molecular formula is C17H25NO3. The first-order chi connectivity index (χ1) is 10.0. The van der Waals surface area contributed by atoms with E-state index in [0.717, 1.165) is 31.3 Å². The molecule has 0 heterocycles. The van der Waals surface area contributed by atoms with Crippen LogP contribution in [0.15, 0.2) is 11.1 Å². The number of carbonyl (C=O) groups is 2. The Labute approximate surface area is 126 Å². The smallest absolute Gasteiger partial charge is 0.188 e. The fourth-order valence-electron chi connectivity index (χ4n) is 4.91. The zero-order valence-corrected chi connectivity index (χ0v) is 13.2. The fraction of sp³-hybridized carbons (Fsp3) is 0.765. The maximum absolute atomic E-state index is 12.8. The molecule has 3 aliphatic carbocycles. The Morgan fingerprint density at radius 2 is 2.00 bits per heavy atom. The van der Waals surface area contributed by atoms with Gasteiger partial charge in [-0.05, 0) is 38.6 Å².